The van der Waals surface area contributed by atoms with E-state index in [4.69, 9.17) is 0 Å². The molecule has 4 heteroatoms. The summed E-state index contributed by atoms with van der Waals surface area (Å²) in [5.41, 5.74) is 1.17. The molecule has 0 aliphatic rings. The Morgan fingerprint density at radius 2 is 2.44 bits per heavy atom. The highest BCUT2D eigenvalue weighted by atomic mass is 32.2. The van der Waals surface area contributed by atoms with Gasteiger partial charge in [0.2, 0.25) is 0 Å². The Kier molecular flexibility index (Phi) is 5.30. The summed E-state index contributed by atoms with van der Waals surface area (Å²) in [4.78, 5) is 25.2. The molecule has 0 fully saturated rings. The minimum Gasteiger partial charge on any atom is -0.298 e. The first-order chi connectivity index (χ1) is 7.74. The second kappa shape index (κ2) is 6.81. The van der Waals surface area contributed by atoms with Crippen LogP contribution in [0.1, 0.15) is 29.3 Å². The van der Waals surface area contributed by atoms with E-state index in [1.54, 1.807) is 18.5 Å². The van der Waals surface area contributed by atoms with Crippen molar-refractivity contribution in [3.63, 3.8) is 0 Å². The van der Waals surface area contributed by atoms with Gasteiger partial charge in [-0.1, -0.05) is 23.6 Å². The van der Waals surface area contributed by atoms with Crippen LogP contribution in [-0.2, 0) is 4.79 Å². The molecule has 0 radical (unpaired) electrons. The fourth-order valence-electron chi connectivity index (χ4n) is 1.02. The highest BCUT2D eigenvalue weighted by Crippen LogP contribution is 2.04. The first kappa shape index (κ1) is 12.5. The lowest BCUT2D eigenvalue weighted by atomic mass is 10.1. The second-order valence-corrected chi connectivity index (χ2v) is 4.24. The first-order valence-corrected chi connectivity index (χ1v) is 5.74. The average Bonchev–Trinajstić information content (AvgIpc) is 2.29. The molecule has 0 aliphatic carbocycles. The van der Waals surface area contributed by atoms with Crippen LogP contribution >= 0.6 is 11.8 Å². The Hall–Kier alpha value is -1.60. The maximum Gasteiger partial charge on any atom is 0.185 e. The molecule has 0 atom stereocenters. The van der Waals surface area contributed by atoms with Crippen LogP contribution < -0.4 is 0 Å². The van der Waals surface area contributed by atoms with Gasteiger partial charge in [-0.2, -0.15) is 0 Å². The number of hydrogen-bond acceptors (Lipinski definition) is 4. The van der Waals surface area contributed by atoms with Crippen molar-refractivity contribution in [3.05, 3.63) is 29.6 Å². The van der Waals surface area contributed by atoms with Gasteiger partial charge in [-0.05, 0) is 6.07 Å². The normalized spacial score (nSPS) is 9.06. The summed E-state index contributed by atoms with van der Waals surface area (Å²) in [5.74, 6) is 6.46. The van der Waals surface area contributed by atoms with E-state index in [0.717, 1.165) is 6.29 Å². The number of pyridine rings is 1. The van der Waals surface area contributed by atoms with Crippen LogP contribution in [0.2, 0.25) is 0 Å². The number of aldehydes is 1. The second-order valence-electron chi connectivity index (χ2n) is 2.97. The van der Waals surface area contributed by atoms with E-state index in [1.165, 1.54) is 18.7 Å². The van der Waals surface area contributed by atoms with E-state index in [0.29, 0.717) is 23.3 Å². The molecule has 3 nitrogen and oxygen atoms in total. The van der Waals surface area contributed by atoms with Crippen molar-refractivity contribution >= 4 is 23.2 Å². The van der Waals surface area contributed by atoms with Crippen molar-refractivity contribution in [3.8, 4) is 11.8 Å². The number of aromatic nitrogens is 1. The summed E-state index contributed by atoms with van der Waals surface area (Å²) in [5, 5.41) is 0.0942. The van der Waals surface area contributed by atoms with E-state index in [2.05, 4.69) is 16.8 Å². The molecular formula is C12H11NO2S. The molecule has 1 aromatic heterocycles. The van der Waals surface area contributed by atoms with Crippen LogP contribution in [0.15, 0.2) is 18.5 Å². The number of thioether (sulfide) groups is 1. The summed E-state index contributed by atoms with van der Waals surface area (Å²) in [6.45, 7) is 1.53. The molecule has 1 heterocycles. The molecule has 0 spiro atoms. The van der Waals surface area contributed by atoms with Crippen molar-refractivity contribution in [1.29, 1.82) is 0 Å². The summed E-state index contributed by atoms with van der Waals surface area (Å²) in [6.07, 6.45) is 4.50. The minimum atomic E-state index is 0.0942. The standard InChI is InChI=1S/C12H11NO2S/c1-10(15)16-7-3-2-4-11-8-13-6-5-12(11)9-14/h5-6,8-9H,3,7H2,1H3. The largest absolute Gasteiger partial charge is 0.298 e. The molecule has 1 rings (SSSR count). The summed E-state index contributed by atoms with van der Waals surface area (Å²) >= 11 is 1.25. The monoisotopic (exact) mass is 233 g/mol. The number of hydrogen-bond donors (Lipinski definition) is 0. The van der Waals surface area contributed by atoms with E-state index < -0.39 is 0 Å². The Morgan fingerprint density at radius 3 is 3.12 bits per heavy atom. The van der Waals surface area contributed by atoms with Crippen LogP contribution in [0.3, 0.4) is 0 Å². The highest BCUT2D eigenvalue weighted by molar-refractivity contribution is 8.13. The molecule has 0 unspecified atom stereocenters. The molecule has 16 heavy (non-hydrogen) atoms. The van der Waals surface area contributed by atoms with E-state index in [-0.39, 0.29) is 5.12 Å². The first-order valence-electron chi connectivity index (χ1n) is 4.75. The highest BCUT2D eigenvalue weighted by Gasteiger charge is 1.96. The molecule has 0 amide bonds. The van der Waals surface area contributed by atoms with Crippen molar-refractivity contribution < 1.29 is 9.59 Å². The lowest BCUT2D eigenvalue weighted by Gasteiger charge is -1.93. The summed E-state index contributed by atoms with van der Waals surface area (Å²) < 4.78 is 0. The molecule has 82 valence electrons. The van der Waals surface area contributed by atoms with Gasteiger partial charge in [-0.3, -0.25) is 14.6 Å². The number of rotatable bonds is 3. The van der Waals surface area contributed by atoms with Crippen LogP contribution in [0.25, 0.3) is 0 Å². The zero-order chi connectivity index (χ0) is 11.8. The quantitative estimate of drug-likeness (QED) is 0.454. The van der Waals surface area contributed by atoms with E-state index in [9.17, 15) is 9.59 Å². The van der Waals surface area contributed by atoms with Gasteiger partial charge in [-0.25, -0.2) is 0 Å². The summed E-state index contributed by atoms with van der Waals surface area (Å²) in [6, 6.07) is 1.63. The lowest BCUT2D eigenvalue weighted by molar-refractivity contribution is -0.109. The predicted octanol–water partition coefficient (Wildman–Crippen LogP) is 1.92. The van der Waals surface area contributed by atoms with Gasteiger partial charge in [0.25, 0.3) is 0 Å². The van der Waals surface area contributed by atoms with E-state index in [1.807, 2.05) is 0 Å². The maximum absolute atomic E-state index is 10.7. The van der Waals surface area contributed by atoms with Gasteiger partial charge in [0.15, 0.2) is 11.4 Å². The number of nitrogens with zero attached hydrogens (tertiary/aromatic N) is 1. The van der Waals surface area contributed by atoms with Crippen molar-refractivity contribution in [2.75, 3.05) is 5.75 Å². The van der Waals surface area contributed by atoms with Gasteiger partial charge >= 0.3 is 0 Å². The third kappa shape index (κ3) is 4.28. The molecular weight excluding hydrogens is 222 g/mol. The van der Waals surface area contributed by atoms with Crippen LogP contribution in [0.5, 0.6) is 0 Å². The molecule has 0 N–H and O–H groups in total. The topological polar surface area (TPSA) is 47.0 Å². The fraction of sp³-hybridized carbons (Fsp3) is 0.250. The zero-order valence-corrected chi connectivity index (χ0v) is 9.71. The Morgan fingerprint density at radius 1 is 1.62 bits per heavy atom. The number of carbonyl (C=O) groups is 2. The Bertz CT molecular complexity index is 446. The Labute approximate surface area is 98.7 Å². The van der Waals surface area contributed by atoms with Gasteiger partial charge in [0.05, 0.1) is 5.56 Å². The van der Waals surface area contributed by atoms with Gasteiger partial charge in [0, 0.05) is 37.1 Å². The van der Waals surface area contributed by atoms with Gasteiger partial charge in [0.1, 0.15) is 0 Å². The molecule has 0 saturated carbocycles. The minimum absolute atomic E-state index is 0.0942. The molecule has 0 bridgehead atoms. The molecule has 0 aromatic carbocycles. The van der Waals surface area contributed by atoms with Crippen LogP contribution in [0.4, 0.5) is 0 Å². The van der Waals surface area contributed by atoms with Crippen LogP contribution in [-0.4, -0.2) is 22.1 Å². The molecule has 1 aromatic rings. The zero-order valence-electron chi connectivity index (χ0n) is 8.90. The Balaban J connectivity index is 2.56. The third-order valence-electron chi connectivity index (χ3n) is 1.74. The smallest absolute Gasteiger partial charge is 0.185 e. The SMILES string of the molecule is CC(=O)SCCC#Cc1cnccc1C=O. The molecule has 0 saturated heterocycles. The van der Waals surface area contributed by atoms with Crippen LogP contribution in [0, 0.1) is 11.8 Å². The van der Waals surface area contributed by atoms with Crippen molar-refractivity contribution in [1.82, 2.24) is 4.98 Å². The number of carbonyl (C=O) groups excluding carboxylic acids is 2. The average molecular weight is 233 g/mol. The maximum atomic E-state index is 10.7. The summed E-state index contributed by atoms with van der Waals surface area (Å²) in [7, 11) is 0. The third-order valence-corrected chi connectivity index (χ3v) is 2.55. The lowest BCUT2D eigenvalue weighted by Crippen LogP contribution is -1.88. The molecule has 0 aliphatic heterocycles. The van der Waals surface area contributed by atoms with E-state index >= 15 is 0 Å². The fourth-order valence-corrected chi connectivity index (χ4v) is 1.51. The van der Waals surface area contributed by atoms with Crippen molar-refractivity contribution in [2.45, 2.75) is 13.3 Å². The van der Waals surface area contributed by atoms with Crippen molar-refractivity contribution in [2.24, 2.45) is 0 Å². The van der Waals surface area contributed by atoms with Gasteiger partial charge in [-0.15, -0.1) is 0 Å². The van der Waals surface area contributed by atoms with Gasteiger partial charge < -0.3 is 0 Å². The predicted molar refractivity (Wildman–Crippen MR) is 64.3 cm³/mol.